The monoisotopic (exact) mass is 387 g/mol. The van der Waals surface area contributed by atoms with E-state index >= 15 is 0 Å². The number of nitrogens with zero attached hydrogens (tertiary/aromatic N) is 3. The summed E-state index contributed by atoms with van der Waals surface area (Å²) in [5.41, 5.74) is 2.08. The molecule has 1 aliphatic rings. The van der Waals surface area contributed by atoms with Crippen molar-refractivity contribution in [2.24, 2.45) is 11.8 Å². The molecule has 2 aromatic heterocycles. The summed E-state index contributed by atoms with van der Waals surface area (Å²) in [4.78, 5) is 24.8. The molecular formula is C19H22ClN5O2. The second kappa shape index (κ2) is 7.94. The van der Waals surface area contributed by atoms with Crippen molar-refractivity contribution in [1.82, 2.24) is 19.5 Å². The topological polar surface area (TPSA) is 80.4 Å². The van der Waals surface area contributed by atoms with E-state index in [1.165, 1.54) is 9.08 Å². The van der Waals surface area contributed by atoms with Crippen LogP contribution >= 0.6 is 12.4 Å². The average Bonchev–Trinajstić information content (AvgIpc) is 2.90. The molecule has 4 rings (SSSR count). The van der Waals surface area contributed by atoms with E-state index in [0.717, 1.165) is 24.3 Å². The Morgan fingerprint density at radius 2 is 2.11 bits per heavy atom. The van der Waals surface area contributed by atoms with Crippen LogP contribution in [0.15, 0.2) is 53.5 Å². The predicted octanol–water partition coefficient (Wildman–Crippen LogP) is 1.76. The first kappa shape index (κ1) is 19.1. The number of anilines is 1. The van der Waals surface area contributed by atoms with Crippen molar-refractivity contribution in [3.63, 3.8) is 0 Å². The Labute approximate surface area is 162 Å². The van der Waals surface area contributed by atoms with Crippen LogP contribution in [0.1, 0.15) is 12.5 Å². The van der Waals surface area contributed by atoms with Gasteiger partial charge < -0.3 is 10.6 Å². The maximum absolute atomic E-state index is 12.4. The first-order valence-electron chi connectivity index (χ1n) is 8.76. The van der Waals surface area contributed by atoms with E-state index in [9.17, 15) is 9.59 Å². The van der Waals surface area contributed by atoms with E-state index in [0.29, 0.717) is 18.1 Å². The fourth-order valence-electron chi connectivity index (χ4n) is 3.13. The van der Waals surface area contributed by atoms with Crippen LogP contribution in [0.5, 0.6) is 0 Å². The van der Waals surface area contributed by atoms with Gasteiger partial charge in [0.25, 0.3) is 0 Å². The molecule has 8 heteroatoms. The van der Waals surface area contributed by atoms with Crippen molar-refractivity contribution in [1.29, 1.82) is 0 Å². The number of carbonyl (C=O) groups excluding carboxylic acids is 1. The number of benzene rings is 1. The standard InChI is InChI=1S/C19H21N5O2.ClH/c1-13(15-10-20-11-15)18(25)21-16-6-4-5-14(9-16)12-24-19(26)23-8-3-2-7-17(23)22-24;/h2-9,13,15,20H,10-12H2,1H3,(H,21,25);1H. The van der Waals surface area contributed by atoms with E-state index in [-0.39, 0.29) is 29.9 Å². The number of aromatic nitrogens is 3. The van der Waals surface area contributed by atoms with Gasteiger partial charge in [-0.1, -0.05) is 25.1 Å². The molecule has 2 N–H and O–H groups in total. The van der Waals surface area contributed by atoms with Crippen LogP contribution < -0.4 is 16.3 Å². The quantitative estimate of drug-likeness (QED) is 0.699. The van der Waals surface area contributed by atoms with Gasteiger partial charge in [-0.25, -0.2) is 9.48 Å². The highest BCUT2D eigenvalue weighted by atomic mass is 35.5. The third kappa shape index (κ3) is 3.89. The number of hydrogen-bond donors (Lipinski definition) is 2. The summed E-state index contributed by atoms with van der Waals surface area (Å²) >= 11 is 0. The van der Waals surface area contributed by atoms with Gasteiger partial charge in [0.2, 0.25) is 5.91 Å². The molecule has 142 valence electrons. The van der Waals surface area contributed by atoms with Gasteiger partial charge in [0.05, 0.1) is 6.54 Å². The van der Waals surface area contributed by atoms with Crippen molar-refractivity contribution in [3.05, 3.63) is 64.7 Å². The van der Waals surface area contributed by atoms with Crippen LogP contribution in [-0.2, 0) is 11.3 Å². The third-order valence-corrected chi connectivity index (χ3v) is 4.95. The van der Waals surface area contributed by atoms with Crippen molar-refractivity contribution >= 4 is 29.6 Å². The Bertz CT molecular complexity index is 1010. The summed E-state index contributed by atoms with van der Waals surface area (Å²) in [7, 11) is 0. The number of fused-ring (bicyclic) bond motifs is 1. The minimum Gasteiger partial charge on any atom is -0.326 e. The lowest BCUT2D eigenvalue weighted by Gasteiger charge is -2.31. The zero-order chi connectivity index (χ0) is 18.1. The number of carbonyl (C=O) groups is 1. The van der Waals surface area contributed by atoms with E-state index in [2.05, 4.69) is 15.7 Å². The Morgan fingerprint density at radius 1 is 1.30 bits per heavy atom. The van der Waals surface area contributed by atoms with Crippen LogP contribution in [0.3, 0.4) is 0 Å². The molecule has 0 saturated carbocycles. The van der Waals surface area contributed by atoms with Crippen LogP contribution in [0, 0.1) is 11.8 Å². The van der Waals surface area contributed by atoms with Gasteiger partial charge in [0, 0.05) is 17.8 Å². The lowest BCUT2D eigenvalue weighted by molar-refractivity contribution is -0.121. The maximum atomic E-state index is 12.4. The first-order valence-corrected chi connectivity index (χ1v) is 8.76. The van der Waals surface area contributed by atoms with Crippen molar-refractivity contribution in [3.8, 4) is 0 Å². The second-order valence-corrected chi connectivity index (χ2v) is 6.77. The second-order valence-electron chi connectivity index (χ2n) is 6.77. The van der Waals surface area contributed by atoms with Crippen LogP contribution in [-0.4, -0.2) is 33.2 Å². The number of halogens is 1. The Kier molecular flexibility index (Phi) is 5.62. The van der Waals surface area contributed by atoms with Gasteiger partial charge in [0.1, 0.15) is 0 Å². The minimum atomic E-state index is -0.179. The normalized spacial score (nSPS) is 15.0. The number of amides is 1. The van der Waals surface area contributed by atoms with E-state index < -0.39 is 0 Å². The average molecular weight is 388 g/mol. The molecule has 1 aromatic carbocycles. The number of rotatable bonds is 5. The summed E-state index contributed by atoms with van der Waals surface area (Å²) in [5, 5.41) is 10.5. The Hall–Kier alpha value is -2.64. The lowest BCUT2D eigenvalue weighted by atomic mass is 9.88. The fourth-order valence-corrected chi connectivity index (χ4v) is 3.13. The van der Waals surface area contributed by atoms with E-state index in [1.54, 1.807) is 18.3 Å². The van der Waals surface area contributed by atoms with Crippen molar-refractivity contribution in [2.45, 2.75) is 13.5 Å². The number of nitrogens with one attached hydrogen (secondary N) is 2. The van der Waals surface area contributed by atoms with Gasteiger partial charge in [0.15, 0.2) is 5.65 Å². The molecule has 3 heterocycles. The number of pyridine rings is 1. The molecule has 1 saturated heterocycles. The third-order valence-electron chi connectivity index (χ3n) is 4.95. The first-order chi connectivity index (χ1) is 12.6. The summed E-state index contributed by atoms with van der Waals surface area (Å²) in [6.45, 7) is 4.10. The minimum absolute atomic E-state index is 0. The zero-order valence-corrected chi connectivity index (χ0v) is 15.8. The maximum Gasteiger partial charge on any atom is 0.350 e. The molecule has 0 aliphatic carbocycles. The summed E-state index contributed by atoms with van der Waals surface area (Å²) in [5.74, 6) is 0.397. The van der Waals surface area contributed by atoms with Gasteiger partial charge in [-0.3, -0.25) is 9.20 Å². The van der Waals surface area contributed by atoms with Gasteiger partial charge in [-0.05, 0) is 48.8 Å². The highest BCUT2D eigenvalue weighted by Crippen LogP contribution is 2.19. The van der Waals surface area contributed by atoms with Crippen LogP contribution in [0.2, 0.25) is 0 Å². The van der Waals surface area contributed by atoms with Gasteiger partial charge >= 0.3 is 5.69 Å². The molecule has 0 spiro atoms. The molecule has 1 aliphatic heterocycles. The summed E-state index contributed by atoms with van der Waals surface area (Å²) < 4.78 is 2.94. The van der Waals surface area contributed by atoms with Crippen LogP contribution in [0.4, 0.5) is 5.69 Å². The molecule has 27 heavy (non-hydrogen) atoms. The van der Waals surface area contributed by atoms with Gasteiger partial charge in [-0.15, -0.1) is 17.5 Å². The summed E-state index contributed by atoms with van der Waals surface area (Å²) in [6, 6.07) is 13.0. The van der Waals surface area contributed by atoms with Crippen molar-refractivity contribution in [2.75, 3.05) is 18.4 Å². The van der Waals surface area contributed by atoms with E-state index in [4.69, 9.17) is 0 Å². The predicted molar refractivity (Wildman–Crippen MR) is 106 cm³/mol. The molecule has 1 unspecified atom stereocenters. The van der Waals surface area contributed by atoms with E-state index in [1.807, 2.05) is 37.3 Å². The smallest absolute Gasteiger partial charge is 0.326 e. The molecular weight excluding hydrogens is 366 g/mol. The lowest BCUT2D eigenvalue weighted by Crippen LogP contribution is -2.48. The largest absolute Gasteiger partial charge is 0.350 e. The SMILES string of the molecule is CC(C(=O)Nc1cccc(Cn2nc3ccccn3c2=O)c1)C1CNC1.Cl. The molecule has 7 nitrogen and oxygen atoms in total. The highest BCUT2D eigenvalue weighted by molar-refractivity contribution is 5.92. The Morgan fingerprint density at radius 3 is 2.81 bits per heavy atom. The molecule has 0 radical (unpaired) electrons. The molecule has 1 atom stereocenters. The fraction of sp³-hybridized carbons (Fsp3) is 0.316. The molecule has 1 fully saturated rings. The van der Waals surface area contributed by atoms with Crippen LogP contribution in [0.25, 0.3) is 5.65 Å². The molecule has 3 aromatic rings. The summed E-state index contributed by atoms with van der Waals surface area (Å²) in [6.07, 6.45) is 1.70. The number of hydrogen-bond acceptors (Lipinski definition) is 4. The molecule has 0 bridgehead atoms. The Balaban J connectivity index is 0.00000210. The van der Waals surface area contributed by atoms with Crippen molar-refractivity contribution < 1.29 is 4.79 Å². The molecule has 1 amide bonds. The highest BCUT2D eigenvalue weighted by Gasteiger charge is 2.28. The zero-order valence-electron chi connectivity index (χ0n) is 15.0. The van der Waals surface area contributed by atoms with Gasteiger partial charge in [-0.2, -0.15) is 0 Å².